The molecule has 1 rings (SSSR count). The number of alkyl halides is 1. The zero-order valence-electron chi connectivity index (χ0n) is 6.08. The third-order valence-electron chi connectivity index (χ3n) is 1.43. The van der Waals surface area contributed by atoms with Crippen LogP contribution in [0.3, 0.4) is 0 Å². The van der Waals surface area contributed by atoms with Gasteiger partial charge in [0.2, 0.25) is 0 Å². The molecular weight excluding hydrogens is 172 g/mol. The number of aryl methyl sites for hydroxylation is 1. The Morgan fingerprint density at radius 1 is 1.08 bits per heavy atom. The predicted molar refractivity (Wildman–Crippen MR) is 36.0 cm³/mol. The first-order valence-corrected chi connectivity index (χ1v) is 3.34. The van der Waals surface area contributed by atoms with Gasteiger partial charge in [0.1, 0.15) is 5.82 Å². The highest BCUT2D eigenvalue weighted by Gasteiger charge is 2.09. The summed E-state index contributed by atoms with van der Waals surface area (Å²) in [6.07, 6.45) is -0.305. The van der Waals surface area contributed by atoms with E-state index in [9.17, 15) is 17.6 Å². The fourth-order valence-electron chi connectivity index (χ4n) is 0.893. The highest BCUT2D eigenvalue weighted by Crippen LogP contribution is 2.14. The van der Waals surface area contributed by atoms with Gasteiger partial charge in [0.05, 0.1) is 6.67 Å². The fraction of sp³-hybridized carbons (Fsp3) is 0.250. The second kappa shape index (κ2) is 3.56. The third kappa shape index (κ3) is 1.75. The Kier molecular flexibility index (Phi) is 2.68. The van der Waals surface area contributed by atoms with E-state index in [1.165, 1.54) is 0 Å². The van der Waals surface area contributed by atoms with Crippen molar-refractivity contribution in [1.29, 1.82) is 0 Å². The smallest absolute Gasteiger partial charge is 0.162 e. The summed E-state index contributed by atoms with van der Waals surface area (Å²) in [7, 11) is 0. The van der Waals surface area contributed by atoms with Crippen molar-refractivity contribution in [3.05, 3.63) is 35.1 Å². The molecule has 0 aromatic heterocycles. The Morgan fingerprint density at radius 3 is 2.33 bits per heavy atom. The summed E-state index contributed by atoms with van der Waals surface area (Å²) in [4.78, 5) is 0. The first kappa shape index (κ1) is 9.03. The van der Waals surface area contributed by atoms with Crippen LogP contribution in [-0.4, -0.2) is 6.67 Å². The van der Waals surface area contributed by atoms with Crippen LogP contribution in [0.1, 0.15) is 5.56 Å². The summed E-state index contributed by atoms with van der Waals surface area (Å²) in [5.41, 5.74) is -0.269. The summed E-state index contributed by atoms with van der Waals surface area (Å²) in [6.45, 7) is -0.834. The van der Waals surface area contributed by atoms with E-state index in [4.69, 9.17) is 0 Å². The van der Waals surface area contributed by atoms with Gasteiger partial charge in [-0.05, 0) is 11.6 Å². The average molecular weight is 178 g/mol. The molecule has 1 aromatic rings. The predicted octanol–water partition coefficient (Wildman–Crippen LogP) is 2.62. The first-order valence-electron chi connectivity index (χ1n) is 3.34. The third-order valence-corrected chi connectivity index (χ3v) is 1.43. The molecule has 0 aliphatic carbocycles. The molecule has 0 aliphatic heterocycles. The molecule has 0 saturated carbocycles. The normalized spacial score (nSPS) is 10.3. The quantitative estimate of drug-likeness (QED) is 0.482. The molecule has 1 aromatic carbocycles. The van der Waals surface area contributed by atoms with Gasteiger partial charge in [-0.25, -0.2) is 13.2 Å². The number of benzene rings is 1. The Bertz CT molecular complexity index is 283. The van der Waals surface area contributed by atoms with Crippen LogP contribution in [-0.2, 0) is 6.42 Å². The van der Waals surface area contributed by atoms with Crippen LogP contribution in [0.5, 0.6) is 0 Å². The van der Waals surface area contributed by atoms with Gasteiger partial charge < -0.3 is 0 Å². The van der Waals surface area contributed by atoms with Crippen molar-refractivity contribution in [2.45, 2.75) is 6.42 Å². The molecule has 0 amide bonds. The molecule has 0 heterocycles. The Balaban J connectivity index is 3.09. The molecule has 0 saturated heterocycles. The Labute approximate surface area is 66.8 Å². The average Bonchev–Trinajstić information content (AvgIpc) is 2.00. The molecule has 0 N–H and O–H groups in total. The zero-order chi connectivity index (χ0) is 9.14. The van der Waals surface area contributed by atoms with E-state index in [1.54, 1.807) is 0 Å². The van der Waals surface area contributed by atoms with E-state index in [1.807, 2.05) is 0 Å². The lowest BCUT2D eigenvalue weighted by Crippen LogP contribution is -1.97. The van der Waals surface area contributed by atoms with Crippen LogP contribution in [0.15, 0.2) is 12.1 Å². The minimum absolute atomic E-state index is 0.269. The molecule has 0 unspecified atom stereocenters. The lowest BCUT2D eigenvalue weighted by molar-refractivity contribution is 0.459. The van der Waals surface area contributed by atoms with E-state index in [0.717, 1.165) is 6.07 Å². The summed E-state index contributed by atoms with van der Waals surface area (Å²) in [5, 5.41) is 0. The summed E-state index contributed by atoms with van der Waals surface area (Å²) < 4.78 is 49.2. The second-order valence-electron chi connectivity index (χ2n) is 2.30. The van der Waals surface area contributed by atoms with Crippen LogP contribution in [0.25, 0.3) is 0 Å². The van der Waals surface area contributed by atoms with Crippen molar-refractivity contribution < 1.29 is 17.6 Å². The van der Waals surface area contributed by atoms with Crippen molar-refractivity contribution >= 4 is 0 Å². The van der Waals surface area contributed by atoms with Crippen molar-refractivity contribution in [2.75, 3.05) is 6.67 Å². The first-order chi connectivity index (χ1) is 5.65. The number of halogens is 4. The van der Waals surface area contributed by atoms with Crippen molar-refractivity contribution in [1.82, 2.24) is 0 Å². The summed E-state index contributed by atoms with van der Waals surface area (Å²) >= 11 is 0. The monoisotopic (exact) mass is 178 g/mol. The Hall–Kier alpha value is -1.06. The zero-order valence-corrected chi connectivity index (χ0v) is 6.08. The molecule has 12 heavy (non-hydrogen) atoms. The molecule has 0 nitrogen and oxygen atoms in total. The minimum Gasteiger partial charge on any atom is -0.251 e. The van der Waals surface area contributed by atoms with E-state index in [0.29, 0.717) is 6.07 Å². The number of rotatable bonds is 2. The maximum absolute atomic E-state index is 12.7. The van der Waals surface area contributed by atoms with E-state index in [-0.39, 0.29) is 12.0 Å². The van der Waals surface area contributed by atoms with Gasteiger partial charge in [-0.1, -0.05) is 0 Å². The standard InChI is InChI=1S/C8H6F4/c9-2-1-5-3-6(10)4-7(11)8(5)12/h3-4H,1-2H2. The molecule has 4 heteroatoms. The Morgan fingerprint density at radius 2 is 1.75 bits per heavy atom. The van der Waals surface area contributed by atoms with Gasteiger partial charge in [0.15, 0.2) is 11.6 Å². The van der Waals surface area contributed by atoms with E-state index in [2.05, 4.69) is 0 Å². The van der Waals surface area contributed by atoms with E-state index >= 15 is 0 Å². The minimum atomic E-state index is -1.28. The molecule has 0 bridgehead atoms. The van der Waals surface area contributed by atoms with Gasteiger partial charge in [0.25, 0.3) is 0 Å². The highest BCUT2D eigenvalue weighted by atomic mass is 19.2. The van der Waals surface area contributed by atoms with Crippen LogP contribution in [0.2, 0.25) is 0 Å². The van der Waals surface area contributed by atoms with Crippen molar-refractivity contribution in [3.63, 3.8) is 0 Å². The molecule has 0 fully saturated rings. The maximum atomic E-state index is 12.7. The summed E-state index contributed by atoms with van der Waals surface area (Å²) in [5.74, 6) is -3.34. The second-order valence-corrected chi connectivity index (χ2v) is 2.30. The largest absolute Gasteiger partial charge is 0.251 e. The molecular formula is C8H6F4. The topological polar surface area (TPSA) is 0 Å². The molecule has 0 radical (unpaired) electrons. The van der Waals surface area contributed by atoms with Crippen molar-refractivity contribution in [2.24, 2.45) is 0 Å². The number of hydrogen-bond donors (Lipinski definition) is 0. The van der Waals surface area contributed by atoms with Gasteiger partial charge in [0, 0.05) is 12.5 Å². The summed E-state index contributed by atoms with van der Waals surface area (Å²) in [6, 6.07) is 1.22. The molecule has 0 aliphatic rings. The lowest BCUT2D eigenvalue weighted by atomic mass is 10.1. The maximum Gasteiger partial charge on any atom is 0.162 e. The van der Waals surface area contributed by atoms with Gasteiger partial charge in [-0.3, -0.25) is 4.39 Å². The van der Waals surface area contributed by atoms with Crippen LogP contribution >= 0.6 is 0 Å². The van der Waals surface area contributed by atoms with Gasteiger partial charge in [-0.2, -0.15) is 0 Å². The van der Waals surface area contributed by atoms with Crippen LogP contribution < -0.4 is 0 Å². The highest BCUT2D eigenvalue weighted by molar-refractivity contribution is 5.20. The molecule has 0 atom stereocenters. The van der Waals surface area contributed by atoms with Gasteiger partial charge in [-0.15, -0.1) is 0 Å². The van der Waals surface area contributed by atoms with Crippen LogP contribution in [0.4, 0.5) is 17.6 Å². The van der Waals surface area contributed by atoms with Crippen molar-refractivity contribution in [3.8, 4) is 0 Å². The van der Waals surface area contributed by atoms with Crippen LogP contribution in [0, 0.1) is 17.5 Å². The number of hydrogen-bond acceptors (Lipinski definition) is 0. The molecule has 0 spiro atoms. The van der Waals surface area contributed by atoms with E-state index < -0.39 is 24.1 Å². The van der Waals surface area contributed by atoms with Gasteiger partial charge >= 0.3 is 0 Å². The lowest BCUT2D eigenvalue weighted by Gasteiger charge is -2.00. The fourth-order valence-corrected chi connectivity index (χ4v) is 0.893. The molecule has 66 valence electrons. The SMILES string of the molecule is FCCc1cc(F)cc(F)c1F.